The largest absolute Gasteiger partial charge is 0.465 e. The lowest BCUT2D eigenvalue weighted by atomic mass is 9.39. The molecule has 0 radical (unpaired) electrons. The quantitative estimate of drug-likeness (QED) is 0.238. The molecule has 0 unspecified atom stereocenters. The zero-order chi connectivity index (χ0) is 33.8. The maximum absolute atomic E-state index is 14.7. The molecule has 1 aromatic carbocycles. The van der Waals surface area contributed by atoms with E-state index in [1.165, 1.54) is 6.92 Å². The fourth-order valence-corrected chi connectivity index (χ4v) is 9.63. The number of ether oxygens (including phenoxy) is 4. The summed E-state index contributed by atoms with van der Waals surface area (Å²) in [5.41, 5.74) is -2.49. The van der Waals surface area contributed by atoms with Crippen molar-refractivity contribution in [2.45, 2.75) is 104 Å². The molecule has 1 aromatic rings. The van der Waals surface area contributed by atoms with Gasteiger partial charge in [0.05, 0.1) is 18.8 Å². The van der Waals surface area contributed by atoms with Crippen molar-refractivity contribution in [1.29, 1.82) is 0 Å². The molecule has 4 fully saturated rings. The highest BCUT2D eigenvalue weighted by Gasteiger charge is 2.78. The van der Waals surface area contributed by atoms with Crippen molar-refractivity contribution in [1.82, 2.24) is 5.32 Å². The Labute approximate surface area is 271 Å². The normalized spacial score (nSPS) is 35.3. The fourth-order valence-electron chi connectivity index (χ4n) is 9.63. The summed E-state index contributed by atoms with van der Waals surface area (Å²) in [6, 6.07) is 7.47. The van der Waals surface area contributed by atoms with Crippen LogP contribution in [0.3, 0.4) is 0 Å². The van der Waals surface area contributed by atoms with E-state index in [2.05, 4.69) is 25.7 Å². The standard InChI is InChI=1S/C36H49NO9/c1-20-23-17-24(39)28-35(19-44-21(2)38)16-12-15-34(6,7)25(35)18-26(43-8)36(28,29(20)40)30(23)45-31(41)27(22-13-10-9-11-14-22)37-32(42)46-33(3,4)5/h9-11,13-14,23-28,30,39H,1,12,15-19H2,2-8H3,(H,37,42)/t23-,24-,25+,26+,27-,28-,30+,35-,36+/m0/s1. The van der Waals surface area contributed by atoms with Crippen LogP contribution < -0.4 is 5.32 Å². The van der Waals surface area contributed by atoms with E-state index in [1.54, 1.807) is 58.2 Å². The van der Waals surface area contributed by atoms with E-state index >= 15 is 0 Å². The molecule has 4 aliphatic rings. The Morgan fingerprint density at radius 2 is 1.78 bits per heavy atom. The third kappa shape index (κ3) is 5.55. The molecule has 0 aliphatic heterocycles. The first-order valence-electron chi connectivity index (χ1n) is 16.3. The number of ketones is 1. The van der Waals surface area contributed by atoms with E-state index in [4.69, 9.17) is 18.9 Å². The van der Waals surface area contributed by atoms with E-state index in [1.807, 2.05) is 0 Å². The third-order valence-corrected chi connectivity index (χ3v) is 11.2. The van der Waals surface area contributed by atoms with Gasteiger partial charge >= 0.3 is 18.0 Å². The molecule has 0 saturated heterocycles. The number of carbonyl (C=O) groups excluding carboxylic acids is 4. The second-order valence-corrected chi connectivity index (χ2v) is 15.4. The summed E-state index contributed by atoms with van der Waals surface area (Å²) < 4.78 is 23.8. The van der Waals surface area contributed by atoms with E-state index in [0.29, 0.717) is 18.4 Å². The van der Waals surface area contributed by atoms with E-state index in [9.17, 15) is 24.3 Å². The summed E-state index contributed by atoms with van der Waals surface area (Å²) in [6.45, 7) is 15.1. The predicted molar refractivity (Wildman–Crippen MR) is 168 cm³/mol. The van der Waals surface area contributed by atoms with Crippen molar-refractivity contribution in [3.63, 3.8) is 0 Å². The Hall–Kier alpha value is -3.24. The number of aliphatic hydroxyl groups is 1. The van der Waals surface area contributed by atoms with Crippen LogP contribution in [-0.2, 0) is 33.3 Å². The maximum atomic E-state index is 14.7. The first-order valence-corrected chi connectivity index (χ1v) is 16.3. The molecular formula is C36H49NO9. The van der Waals surface area contributed by atoms with Crippen molar-refractivity contribution >= 4 is 23.8 Å². The van der Waals surface area contributed by atoms with E-state index in [-0.39, 0.29) is 35.7 Å². The number of benzene rings is 1. The minimum atomic E-state index is -1.47. The zero-order valence-corrected chi connectivity index (χ0v) is 28.1. The Balaban J connectivity index is 1.61. The Bertz CT molecular complexity index is 1380. The molecule has 0 heterocycles. The van der Waals surface area contributed by atoms with Gasteiger partial charge in [-0.25, -0.2) is 9.59 Å². The minimum absolute atomic E-state index is 0.0360. The number of aliphatic hydroxyl groups excluding tert-OH is 1. The molecule has 5 rings (SSSR count). The molecule has 0 aromatic heterocycles. The lowest BCUT2D eigenvalue weighted by Crippen LogP contribution is -2.72. The van der Waals surface area contributed by atoms with Crippen molar-refractivity contribution in [2.24, 2.45) is 34.0 Å². The van der Waals surface area contributed by atoms with Gasteiger partial charge in [0, 0.05) is 31.3 Å². The number of nitrogens with one attached hydrogen (secondary N) is 1. The zero-order valence-electron chi connectivity index (χ0n) is 28.1. The number of fused-ring (bicyclic) bond motifs is 3. The molecule has 4 saturated carbocycles. The lowest BCUT2D eigenvalue weighted by molar-refractivity contribution is -0.272. The molecule has 1 spiro atoms. The van der Waals surface area contributed by atoms with Crippen LogP contribution in [0.2, 0.25) is 0 Å². The topological polar surface area (TPSA) is 137 Å². The highest BCUT2D eigenvalue weighted by atomic mass is 16.6. The van der Waals surface area contributed by atoms with Crippen LogP contribution in [0.15, 0.2) is 42.5 Å². The second kappa shape index (κ2) is 12.1. The SMILES string of the molecule is C=C1C(=O)[C@]23[C@H](OC(=O)[C@@H](NC(=O)OC(C)(C)C)c4ccccc4)[C@H]1C[C@H](O)[C@H]2[C@]1(COC(C)=O)CCCC(C)(C)[C@H]1C[C@H]3OC. The van der Waals surface area contributed by atoms with Crippen LogP contribution >= 0.6 is 0 Å². The predicted octanol–water partition coefficient (Wildman–Crippen LogP) is 5.08. The molecule has 4 aliphatic carbocycles. The van der Waals surface area contributed by atoms with Gasteiger partial charge in [0.15, 0.2) is 11.8 Å². The minimum Gasteiger partial charge on any atom is -0.465 e. The average molecular weight is 640 g/mol. The number of Topliss-reactive ketones (excluding diaryl/α,β-unsaturated/α-hetero) is 1. The summed E-state index contributed by atoms with van der Waals surface area (Å²) in [5.74, 6) is -2.94. The number of alkyl carbamates (subject to hydrolysis) is 1. The monoisotopic (exact) mass is 639 g/mol. The van der Waals surface area contributed by atoms with Gasteiger partial charge in [0.25, 0.3) is 0 Å². The number of methoxy groups -OCH3 is 1. The van der Waals surface area contributed by atoms with Gasteiger partial charge in [-0.05, 0) is 68.9 Å². The molecule has 2 bridgehead atoms. The van der Waals surface area contributed by atoms with Crippen molar-refractivity contribution in [3.8, 4) is 0 Å². The summed E-state index contributed by atoms with van der Waals surface area (Å²) in [6.07, 6.45) is -0.502. The van der Waals surface area contributed by atoms with Gasteiger partial charge in [-0.1, -0.05) is 57.2 Å². The van der Waals surface area contributed by atoms with Crippen molar-refractivity contribution < 1.29 is 43.2 Å². The maximum Gasteiger partial charge on any atom is 0.408 e. The summed E-state index contributed by atoms with van der Waals surface area (Å²) in [5, 5.41) is 14.7. The van der Waals surface area contributed by atoms with Crippen LogP contribution in [0.5, 0.6) is 0 Å². The highest BCUT2D eigenvalue weighted by Crippen LogP contribution is 2.72. The Morgan fingerprint density at radius 3 is 2.39 bits per heavy atom. The van der Waals surface area contributed by atoms with Gasteiger partial charge in [0.2, 0.25) is 0 Å². The number of amides is 1. The Kier molecular flexibility index (Phi) is 8.96. The van der Waals surface area contributed by atoms with Crippen LogP contribution in [0.1, 0.15) is 85.3 Å². The van der Waals surface area contributed by atoms with Crippen molar-refractivity contribution in [2.75, 3.05) is 13.7 Å². The molecule has 9 atom stereocenters. The first kappa shape index (κ1) is 34.1. The molecule has 10 heteroatoms. The molecule has 46 heavy (non-hydrogen) atoms. The number of rotatable bonds is 7. The lowest BCUT2D eigenvalue weighted by Gasteiger charge is -2.67. The van der Waals surface area contributed by atoms with Gasteiger partial charge in [-0.15, -0.1) is 0 Å². The van der Waals surface area contributed by atoms with E-state index < -0.39 is 70.7 Å². The summed E-state index contributed by atoms with van der Waals surface area (Å²) in [7, 11) is 1.55. The van der Waals surface area contributed by atoms with Gasteiger partial charge in [0.1, 0.15) is 17.1 Å². The second-order valence-electron chi connectivity index (χ2n) is 15.4. The average Bonchev–Trinajstić information content (AvgIpc) is 3.09. The smallest absolute Gasteiger partial charge is 0.408 e. The van der Waals surface area contributed by atoms with Crippen LogP contribution in [0.4, 0.5) is 4.79 Å². The van der Waals surface area contributed by atoms with Crippen LogP contribution in [0.25, 0.3) is 0 Å². The number of carbonyl (C=O) groups is 4. The number of esters is 2. The van der Waals surface area contributed by atoms with Gasteiger partial charge in [-0.3, -0.25) is 9.59 Å². The number of hydrogen-bond donors (Lipinski definition) is 2. The highest BCUT2D eigenvalue weighted by molar-refractivity contribution is 6.05. The first-order chi connectivity index (χ1) is 21.5. The molecule has 252 valence electrons. The molecule has 10 nitrogen and oxygen atoms in total. The summed E-state index contributed by atoms with van der Waals surface area (Å²) >= 11 is 0. The molecule has 2 N–H and O–H groups in total. The summed E-state index contributed by atoms with van der Waals surface area (Å²) in [4.78, 5) is 54.1. The Morgan fingerprint density at radius 1 is 1.11 bits per heavy atom. The molecule has 1 amide bonds. The van der Waals surface area contributed by atoms with Crippen LogP contribution in [-0.4, -0.2) is 66.6 Å². The third-order valence-electron chi connectivity index (χ3n) is 11.2. The molecular weight excluding hydrogens is 590 g/mol. The number of hydrogen-bond acceptors (Lipinski definition) is 9. The fraction of sp³-hybridized carbons (Fsp3) is 0.667. The van der Waals surface area contributed by atoms with E-state index in [0.717, 1.165) is 12.8 Å². The van der Waals surface area contributed by atoms with Crippen LogP contribution in [0, 0.1) is 34.0 Å². The van der Waals surface area contributed by atoms with Gasteiger partial charge < -0.3 is 29.4 Å². The van der Waals surface area contributed by atoms with Gasteiger partial charge in [-0.2, -0.15) is 0 Å². The van der Waals surface area contributed by atoms with Crippen molar-refractivity contribution in [3.05, 3.63) is 48.0 Å².